The van der Waals surface area contributed by atoms with Crippen LogP contribution in [0.1, 0.15) is 10.7 Å². The summed E-state index contributed by atoms with van der Waals surface area (Å²) in [6.45, 7) is 3.93. The lowest BCUT2D eigenvalue weighted by molar-refractivity contribution is 0.437. The van der Waals surface area contributed by atoms with Gasteiger partial charge in [-0.25, -0.2) is 4.98 Å². The summed E-state index contributed by atoms with van der Waals surface area (Å²) in [5.41, 5.74) is 2.24. The maximum Gasteiger partial charge on any atom is 0.112 e. The molecule has 0 amide bonds. The van der Waals surface area contributed by atoms with E-state index >= 15 is 0 Å². The van der Waals surface area contributed by atoms with Crippen LogP contribution in [-0.4, -0.2) is 36.3 Å². The third kappa shape index (κ3) is 5.15. The largest absolute Gasteiger partial charge is 0.379 e. The maximum absolute atomic E-state index is 4.45. The van der Waals surface area contributed by atoms with Crippen molar-refractivity contribution >= 4 is 28.8 Å². The van der Waals surface area contributed by atoms with E-state index in [0.717, 1.165) is 35.2 Å². The van der Waals surface area contributed by atoms with Crippen LogP contribution in [0.5, 0.6) is 0 Å². The van der Waals surface area contributed by atoms with E-state index in [4.69, 9.17) is 0 Å². The van der Waals surface area contributed by atoms with Crippen LogP contribution in [0.2, 0.25) is 0 Å². The Balaban J connectivity index is 1.79. The Hall–Kier alpha value is -1.04. The molecule has 0 saturated carbocycles. The molecule has 3 nitrogen and oxygen atoms in total. The van der Waals surface area contributed by atoms with Crippen molar-refractivity contribution in [3.63, 3.8) is 0 Å². The first-order valence-electron chi connectivity index (χ1n) is 6.66. The number of nitrogens with zero attached hydrogens (tertiary/aromatic N) is 2. The number of anilines is 1. The summed E-state index contributed by atoms with van der Waals surface area (Å²) in [6, 6.07) is 8.63. The molecule has 0 bridgehead atoms. The summed E-state index contributed by atoms with van der Waals surface area (Å²) in [7, 11) is 4.21. The molecule has 2 aromatic rings. The van der Waals surface area contributed by atoms with Crippen LogP contribution in [-0.2, 0) is 6.54 Å². The Bertz CT molecular complexity index is 520. The molecule has 1 aromatic heterocycles. The predicted molar refractivity (Wildman–Crippen MR) is 89.9 cm³/mol. The lowest BCUT2D eigenvalue weighted by Crippen LogP contribution is -2.14. The molecule has 0 aliphatic heterocycles. The molecule has 5 heteroatoms. The molecule has 1 aromatic carbocycles. The van der Waals surface area contributed by atoms with E-state index in [9.17, 15) is 0 Å². The second-order valence-corrected chi connectivity index (χ2v) is 7.02. The summed E-state index contributed by atoms with van der Waals surface area (Å²) in [5.74, 6) is 1.12. The van der Waals surface area contributed by atoms with Crippen molar-refractivity contribution in [2.24, 2.45) is 0 Å². The van der Waals surface area contributed by atoms with Gasteiger partial charge in [-0.15, -0.1) is 23.1 Å². The van der Waals surface area contributed by atoms with Crippen LogP contribution in [0, 0.1) is 6.92 Å². The van der Waals surface area contributed by atoms with Gasteiger partial charge in [0.1, 0.15) is 5.01 Å². The van der Waals surface area contributed by atoms with Crippen LogP contribution >= 0.6 is 23.1 Å². The molecule has 2 rings (SSSR count). The molecular weight excluding hydrogens is 286 g/mol. The summed E-state index contributed by atoms with van der Waals surface area (Å²) in [4.78, 5) is 7.98. The fraction of sp³-hybridized carbons (Fsp3) is 0.400. The summed E-state index contributed by atoms with van der Waals surface area (Å²) >= 11 is 3.60. The minimum Gasteiger partial charge on any atom is -0.379 e. The second kappa shape index (κ2) is 7.67. The third-order valence-electron chi connectivity index (χ3n) is 2.77. The normalized spacial score (nSPS) is 11.0. The van der Waals surface area contributed by atoms with Gasteiger partial charge in [0, 0.05) is 34.0 Å². The zero-order chi connectivity index (χ0) is 14.4. The summed E-state index contributed by atoms with van der Waals surface area (Å²) in [6.07, 6.45) is 0. The summed E-state index contributed by atoms with van der Waals surface area (Å²) < 4.78 is 0. The smallest absolute Gasteiger partial charge is 0.112 e. The van der Waals surface area contributed by atoms with Crippen molar-refractivity contribution in [3.05, 3.63) is 40.3 Å². The number of hydrogen-bond acceptors (Lipinski definition) is 5. The zero-order valence-electron chi connectivity index (χ0n) is 12.2. The highest BCUT2D eigenvalue weighted by atomic mass is 32.2. The predicted octanol–water partition coefficient (Wildman–Crippen LogP) is 3.72. The first-order chi connectivity index (χ1) is 9.63. The minimum absolute atomic E-state index is 0.797. The first kappa shape index (κ1) is 15.4. The molecule has 20 heavy (non-hydrogen) atoms. The average molecular weight is 307 g/mol. The third-order valence-corrected chi connectivity index (χ3v) is 4.73. The van der Waals surface area contributed by atoms with E-state index in [1.165, 1.54) is 4.90 Å². The van der Waals surface area contributed by atoms with Gasteiger partial charge in [-0.3, -0.25) is 0 Å². The molecule has 0 aliphatic rings. The van der Waals surface area contributed by atoms with Gasteiger partial charge in [0.15, 0.2) is 0 Å². The first-order valence-corrected chi connectivity index (χ1v) is 8.52. The van der Waals surface area contributed by atoms with Crippen molar-refractivity contribution in [1.29, 1.82) is 0 Å². The molecule has 0 fully saturated rings. The van der Waals surface area contributed by atoms with Crippen molar-refractivity contribution in [3.8, 4) is 0 Å². The van der Waals surface area contributed by atoms with E-state index < -0.39 is 0 Å². The number of thioether (sulfide) groups is 1. The molecule has 0 atom stereocenters. The SMILES string of the molecule is Cc1csc(CNc2ccc(SCCN(C)C)cc2)n1. The van der Waals surface area contributed by atoms with Gasteiger partial charge in [-0.05, 0) is 45.3 Å². The standard InChI is InChI=1S/C15H21N3S2/c1-12-11-20-15(17-12)10-16-13-4-6-14(7-5-13)19-9-8-18(2)3/h4-7,11,16H,8-10H2,1-3H3. The van der Waals surface area contributed by atoms with Gasteiger partial charge >= 0.3 is 0 Å². The Labute approximate surface area is 129 Å². The Morgan fingerprint density at radius 2 is 2.00 bits per heavy atom. The lowest BCUT2D eigenvalue weighted by Gasteiger charge is -2.09. The fourth-order valence-electron chi connectivity index (χ4n) is 1.68. The highest BCUT2D eigenvalue weighted by molar-refractivity contribution is 7.99. The van der Waals surface area contributed by atoms with Crippen molar-refractivity contribution in [2.45, 2.75) is 18.4 Å². The van der Waals surface area contributed by atoms with Crippen molar-refractivity contribution in [2.75, 3.05) is 31.7 Å². The van der Waals surface area contributed by atoms with E-state index in [-0.39, 0.29) is 0 Å². The van der Waals surface area contributed by atoms with Crippen LogP contribution in [0.15, 0.2) is 34.5 Å². The number of thiazole rings is 1. The summed E-state index contributed by atoms with van der Waals surface area (Å²) in [5, 5.41) is 6.62. The van der Waals surface area contributed by atoms with Gasteiger partial charge in [0.05, 0.1) is 6.54 Å². The number of aromatic nitrogens is 1. The Morgan fingerprint density at radius 3 is 2.60 bits per heavy atom. The molecule has 108 valence electrons. The van der Waals surface area contributed by atoms with Crippen LogP contribution < -0.4 is 5.32 Å². The molecule has 0 aliphatic carbocycles. The lowest BCUT2D eigenvalue weighted by atomic mass is 10.3. The number of benzene rings is 1. The monoisotopic (exact) mass is 307 g/mol. The van der Waals surface area contributed by atoms with E-state index in [0.29, 0.717) is 0 Å². The van der Waals surface area contributed by atoms with E-state index in [1.54, 1.807) is 11.3 Å². The van der Waals surface area contributed by atoms with Crippen LogP contribution in [0.3, 0.4) is 0 Å². The molecule has 0 saturated heterocycles. The zero-order valence-corrected chi connectivity index (χ0v) is 13.9. The van der Waals surface area contributed by atoms with E-state index in [2.05, 4.69) is 58.9 Å². The molecule has 0 spiro atoms. The second-order valence-electron chi connectivity index (χ2n) is 4.91. The Kier molecular flexibility index (Phi) is 5.88. The van der Waals surface area contributed by atoms with Crippen molar-refractivity contribution < 1.29 is 0 Å². The van der Waals surface area contributed by atoms with E-state index in [1.807, 2.05) is 18.7 Å². The maximum atomic E-state index is 4.45. The molecule has 0 unspecified atom stereocenters. The molecule has 1 heterocycles. The molecular formula is C15H21N3S2. The van der Waals surface area contributed by atoms with Gasteiger partial charge < -0.3 is 10.2 Å². The highest BCUT2D eigenvalue weighted by Gasteiger charge is 2.00. The fourth-order valence-corrected chi connectivity index (χ4v) is 3.41. The quantitative estimate of drug-likeness (QED) is 0.789. The highest BCUT2D eigenvalue weighted by Crippen LogP contribution is 2.20. The van der Waals surface area contributed by atoms with Gasteiger partial charge in [0.25, 0.3) is 0 Å². The number of nitrogens with one attached hydrogen (secondary N) is 1. The topological polar surface area (TPSA) is 28.2 Å². The number of aryl methyl sites for hydroxylation is 1. The minimum atomic E-state index is 0.797. The number of rotatable bonds is 7. The average Bonchev–Trinajstić information content (AvgIpc) is 2.83. The molecule has 1 N–H and O–H groups in total. The van der Waals surface area contributed by atoms with Crippen LogP contribution in [0.4, 0.5) is 5.69 Å². The van der Waals surface area contributed by atoms with Crippen LogP contribution in [0.25, 0.3) is 0 Å². The van der Waals surface area contributed by atoms with Gasteiger partial charge in [0.2, 0.25) is 0 Å². The van der Waals surface area contributed by atoms with Crippen molar-refractivity contribution in [1.82, 2.24) is 9.88 Å². The van der Waals surface area contributed by atoms with Gasteiger partial charge in [-0.2, -0.15) is 0 Å². The van der Waals surface area contributed by atoms with Gasteiger partial charge in [-0.1, -0.05) is 0 Å². The Morgan fingerprint density at radius 1 is 1.25 bits per heavy atom. The molecule has 0 radical (unpaired) electrons. The number of hydrogen-bond donors (Lipinski definition) is 1.